The molecule has 0 aromatic heterocycles. The lowest BCUT2D eigenvalue weighted by Crippen LogP contribution is -2.37. The van der Waals surface area contributed by atoms with Crippen molar-refractivity contribution in [2.75, 3.05) is 27.3 Å². The lowest BCUT2D eigenvalue weighted by Gasteiger charge is -2.34. The Bertz CT molecular complexity index is 2990. The van der Waals surface area contributed by atoms with Crippen LogP contribution in [0.1, 0.15) is 123 Å². The fourth-order valence-electron chi connectivity index (χ4n) is 11.0. The van der Waals surface area contributed by atoms with Crippen LogP contribution in [0.2, 0.25) is 0 Å². The second-order valence-electron chi connectivity index (χ2n) is 21.0. The average molecular weight is 987 g/mol. The number of carbonyl (C=O) groups is 2. The Morgan fingerprint density at radius 3 is 1.23 bits per heavy atom. The molecule has 8 nitrogen and oxygen atoms in total. The first-order valence-electron chi connectivity index (χ1n) is 26.1. The van der Waals surface area contributed by atoms with E-state index in [2.05, 4.69) is 194 Å². The van der Waals surface area contributed by atoms with Gasteiger partial charge < -0.3 is 29.6 Å². The third-order valence-electron chi connectivity index (χ3n) is 15.5. The molecule has 2 heterocycles. The van der Waals surface area contributed by atoms with E-state index < -0.39 is 10.8 Å². The SMILES string of the molecule is COC(=O)C(C)(C)c1ccc([C@@H]2C[C@H](CN[C@H](C)c3cccc4ccccc34)Oc3ccccc32)cc1.COC(=O)C(C)(C)c1ccc([C@H]2C[C@H](CN[C@H](C)c3cccc4ccccc34)Oc3ccccc32)cc1. The second kappa shape index (κ2) is 22.5. The van der Waals surface area contributed by atoms with Gasteiger partial charge in [-0.2, -0.15) is 0 Å². The summed E-state index contributed by atoms with van der Waals surface area (Å²) in [5.41, 5.74) is 8.00. The Balaban J connectivity index is 0.000000182. The Hall–Kier alpha value is -7.26. The molecule has 0 amide bonds. The first kappa shape index (κ1) is 51.6. The lowest BCUT2D eigenvalue weighted by atomic mass is 9.80. The zero-order valence-electron chi connectivity index (χ0n) is 44.1. The van der Waals surface area contributed by atoms with Crippen LogP contribution in [-0.4, -0.2) is 51.5 Å². The molecule has 74 heavy (non-hydrogen) atoms. The first-order valence-corrected chi connectivity index (χ1v) is 26.1. The van der Waals surface area contributed by atoms with E-state index in [0.717, 1.165) is 48.6 Å². The van der Waals surface area contributed by atoms with Crippen LogP contribution >= 0.6 is 0 Å². The highest BCUT2D eigenvalue weighted by Gasteiger charge is 2.35. The quantitative estimate of drug-likeness (QED) is 0.104. The van der Waals surface area contributed by atoms with Crippen molar-refractivity contribution >= 4 is 33.5 Å². The Morgan fingerprint density at radius 2 is 0.838 bits per heavy atom. The van der Waals surface area contributed by atoms with Crippen molar-refractivity contribution in [3.05, 3.63) is 226 Å². The molecule has 2 aliphatic rings. The molecule has 8 heteroatoms. The van der Waals surface area contributed by atoms with Gasteiger partial charge in [-0.1, -0.05) is 170 Å². The van der Waals surface area contributed by atoms with Crippen LogP contribution < -0.4 is 20.1 Å². The van der Waals surface area contributed by atoms with Crippen molar-refractivity contribution in [2.24, 2.45) is 0 Å². The van der Waals surface area contributed by atoms with E-state index in [9.17, 15) is 9.59 Å². The minimum absolute atomic E-state index is 0.0449. The molecule has 0 spiro atoms. The number of rotatable bonds is 14. The van der Waals surface area contributed by atoms with Gasteiger partial charge in [0.2, 0.25) is 0 Å². The second-order valence-corrected chi connectivity index (χ2v) is 21.0. The molecule has 380 valence electrons. The van der Waals surface area contributed by atoms with Crippen molar-refractivity contribution in [3.63, 3.8) is 0 Å². The molecule has 8 aromatic carbocycles. The molecule has 8 aromatic rings. The van der Waals surface area contributed by atoms with Gasteiger partial charge >= 0.3 is 11.9 Å². The number of fused-ring (bicyclic) bond motifs is 4. The molecule has 0 unspecified atom stereocenters. The highest BCUT2D eigenvalue weighted by molar-refractivity contribution is 5.87. The van der Waals surface area contributed by atoms with Gasteiger partial charge in [-0.15, -0.1) is 0 Å². The topological polar surface area (TPSA) is 95.1 Å². The summed E-state index contributed by atoms with van der Waals surface area (Å²) in [6.45, 7) is 13.5. The number of carbonyl (C=O) groups excluding carboxylic acids is 2. The van der Waals surface area contributed by atoms with Gasteiger partial charge in [0.1, 0.15) is 23.7 Å². The summed E-state index contributed by atoms with van der Waals surface area (Å²) in [7, 11) is 2.87. The number of esters is 2. The third kappa shape index (κ3) is 11.0. The summed E-state index contributed by atoms with van der Waals surface area (Å²) in [6.07, 6.45) is 1.85. The number of hydrogen-bond donors (Lipinski definition) is 2. The van der Waals surface area contributed by atoms with Crippen LogP contribution in [0.15, 0.2) is 182 Å². The monoisotopic (exact) mass is 987 g/mol. The maximum atomic E-state index is 12.3. The van der Waals surface area contributed by atoms with Gasteiger partial charge in [-0.25, -0.2) is 0 Å². The fraction of sp³-hybridized carbons (Fsp3) is 0.303. The zero-order valence-corrected chi connectivity index (χ0v) is 44.1. The van der Waals surface area contributed by atoms with Gasteiger partial charge in [0, 0.05) is 48.1 Å². The predicted octanol–water partition coefficient (Wildman–Crippen LogP) is 13.8. The summed E-state index contributed by atoms with van der Waals surface area (Å²) < 4.78 is 22.9. The Kier molecular flexibility index (Phi) is 15.7. The van der Waals surface area contributed by atoms with E-state index in [0.29, 0.717) is 0 Å². The maximum absolute atomic E-state index is 12.3. The predicted molar refractivity (Wildman–Crippen MR) is 298 cm³/mol. The molecule has 0 radical (unpaired) electrons. The van der Waals surface area contributed by atoms with E-state index >= 15 is 0 Å². The minimum atomic E-state index is -0.689. The van der Waals surface area contributed by atoms with E-state index in [1.807, 2.05) is 39.8 Å². The highest BCUT2D eigenvalue weighted by atomic mass is 16.5. The van der Waals surface area contributed by atoms with Gasteiger partial charge in [0.15, 0.2) is 0 Å². The van der Waals surface area contributed by atoms with Crippen LogP contribution in [-0.2, 0) is 29.9 Å². The molecule has 0 bridgehead atoms. The van der Waals surface area contributed by atoms with Crippen molar-refractivity contribution < 1.29 is 28.5 Å². The normalized spacial score (nSPS) is 18.1. The number of nitrogens with one attached hydrogen (secondary N) is 2. The van der Waals surface area contributed by atoms with Crippen molar-refractivity contribution in [1.29, 1.82) is 0 Å². The van der Waals surface area contributed by atoms with Crippen LogP contribution in [0.3, 0.4) is 0 Å². The van der Waals surface area contributed by atoms with Gasteiger partial charge in [-0.05, 0) is 121 Å². The van der Waals surface area contributed by atoms with Crippen LogP contribution in [0.5, 0.6) is 11.5 Å². The summed E-state index contributed by atoms with van der Waals surface area (Å²) in [5, 5.41) is 12.6. The molecule has 0 saturated carbocycles. The first-order chi connectivity index (χ1) is 35.8. The lowest BCUT2D eigenvalue weighted by molar-refractivity contribution is -0.147. The molecule has 0 saturated heterocycles. The van der Waals surface area contributed by atoms with E-state index in [4.69, 9.17) is 18.9 Å². The summed E-state index contributed by atoms with van der Waals surface area (Å²) in [4.78, 5) is 24.6. The van der Waals surface area contributed by atoms with Gasteiger partial charge in [-0.3, -0.25) is 9.59 Å². The van der Waals surface area contributed by atoms with Crippen LogP contribution in [0.4, 0.5) is 0 Å². The van der Waals surface area contributed by atoms with E-state index in [1.54, 1.807) is 0 Å². The Labute approximate surface area is 437 Å². The molecule has 2 N–H and O–H groups in total. The Morgan fingerprint density at radius 1 is 0.486 bits per heavy atom. The number of benzene rings is 8. The maximum Gasteiger partial charge on any atom is 0.315 e. The standard InChI is InChI=1S/2C33H35NO3/c2*1-22(27-14-9-11-23-10-5-6-12-28(23)27)34-21-26-20-30(29-13-7-8-15-31(29)37-26)24-16-18-25(19-17-24)33(2,3)32(35)36-4/h2*5-19,22,26,30,34H,20-21H2,1-4H3/t22-,26-,30+;22-,26-,30-/m11/s1. The molecule has 6 atom stereocenters. The molecule has 0 aliphatic carbocycles. The number of methoxy groups -OCH3 is 2. The summed E-state index contributed by atoms with van der Waals surface area (Å²) in [5.74, 6) is 1.87. The molecular formula is C66H70N2O6. The fourth-order valence-corrected chi connectivity index (χ4v) is 11.0. The molecule has 0 fully saturated rings. The molecular weight excluding hydrogens is 917 g/mol. The molecule has 2 aliphatic heterocycles. The zero-order chi connectivity index (χ0) is 52.0. The third-order valence-corrected chi connectivity index (χ3v) is 15.5. The average Bonchev–Trinajstić information content (AvgIpc) is 3.44. The number of ether oxygens (including phenoxy) is 4. The number of para-hydroxylation sites is 2. The van der Waals surface area contributed by atoms with Crippen molar-refractivity contribution in [2.45, 2.75) is 101 Å². The summed E-state index contributed by atoms with van der Waals surface area (Å²) in [6, 6.07) is 64.0. The largest absolute Gasteiger partial charge is 0.489 e. The smallest absolute Gasteiger partial charge is 0.315 e. The minimum Gasteiger partial charge on any atom is -0.489 e. The summed E-state index contributed by atoms with van der Waals surface area (Å²) >= 11 is 0. The van der Waals surface area contributed by atoms with E-state index in [-0.39, 0.29) is 48.1 Å². The van der Waals surface area contributed by atoms with E-state index in [1.165, 1.54) is 69.1 Å². The number of hydrogen-bond acceptors (Lipinski definition) is 8. The highest BCUT2D eigenvalue weighted by Crippen LogP contribution is 2.43. The van der Waals surface area contributed by atoms with Crippen molar-refractivity contribution in [1.82, 2.24) is 10.6 Å². The van der Waals surface area contributed by atoms with Gasteiger partial charge in [0.05, 0.1) is 25.0 Å². The molecule has 10 rings (SSSR count). The van der Waals surface area contributed by atoms with Crippen molar-refractivity contribution in [3.8, 4) is 11.5 Å². The van der Waals surface area contributed by atoms with Crippen LogP contribution in [0.25, 0.3) is 21.5 Å². The van der Waals surface area contributed by atoms with Gasteiger partial charge in [0.25, 0.3) is 0 Å². The van der Waals surface area contributed by atoms with Crippen LogP contribution in [0, 0.1) is 0 Å².